The average Bonchev–Trinajstić information content (AvgIpc) is 3.97. The van der Waals surface area contributed by atoms with Gasteiger partial charge in [-0.1, -0.05) is 97.1 Å². The standard InChI is InChI=1S/C66H34N8/c1-70-53-17-7-14-46(30-53)50-21-25-63-58(34-50)59-35-51(47-15-8-18-54(31-47)71-2)22-26-64(59)74(63)66-37-60(72-3)55(52-16-6-11-43(29-52)40-69)36-65(66)73-61-23-19-48(44-12-4-9-41(27-44)38-67)32-56(61)57-33-49(20-24-62(57)73)45-13-5-10-42(28-45)39-68/h4-37H. The van der Waals surface area contributed by atoms with E-state index in [2.05, 4.69) is 121 Å². The number of benzene rings is 10. The zero-order chi connectivity index (χ0) is 50.5. The lowest BCUT2D eigenvalue weighted by Crippen LogP contribution is -2.04. The van der Waals surface area contributed by atoms with Gasteiger partial charge in [0.15, 0.2) is 17.1 Å². The highest BCUT2D eigenvalue weighted by molar-refractivity contribution is 6.14. The van der Waals surface area contributed by atoms with Crippen LogP contribution in [0.2, 0.25) is 0 Å². The van der Waals surface area contributed by atoms with Crippen LogP contribution in [-0.2, 0) is 0 Å². The molecule has 338 valence electrons. The number of nitrogens with zero attached hydrogens (tertiary/aromatic N) is 8. The van der Waals surface area contributed by atoms with Crippen LogP contribution in [0.1, 0.15) is 16.7 Å². The molecule has 0 spiro atoms. The third kappa shape index (κ3) is 7.44. The molecule has 74 heavy (non-hydrogen) atoms. The lowest BCUT2D eigenvalue weighted by molar-refractivity contribution is 1.10. The van der Waals surface area contributed by atoms with Crippen molar-refractivity contribution in [2.75, 3.05) is 0 Å². The maximum absolute atomic E-state index is 10.1. The van der Waals surface area contributed by atoms with Crippen LogP contribution in [0.3, 0.4) is 0 Å². The predicted molar refractivity (Wildman–Crippen MR) is 295 cm³/mol. The summed E-state index contributed by atoms with van der Waals surface area (Å²) in [6.45, 7) is 24.2. The van der Waals surface area contributed by atoms with Crippen molar-refractivity contribution >= 4 is 60.7 Å². The van der Waals surface area contributed by atoms with Crippen molar-refractivity contribution in [3.8, 4) is 85.2 Å². The smallest absolute Gasteiger partial charge is 0.197 e. The van der Waals surface area contributed by atoms with Crippen molar-refractivity contribution < 1.29 is 0 Å². The first kappa shape index (κ1) is 44.0. The molecule has 0 saturated carbocycles. The second-order valence-electron chi connectivity index (χ2n) is 18.0. The third-order valence-electron chi connectivity index (χ3n) is 13.8. The summed E-state index contributed by atoms with van der Waals surface area (Å²) in [5.74, 6) is 0. The largest absolute Gasteiger partial charge is 0.308 e. The van der Waals surface area contributed by atoms with Gasteiger partial charge >= 0.3 is 0 Å². The van der Waals surface area contributed by atoms with Gasteiger partial charge in [-0.05, 0) is 165 Å². The van der Waals surface area contributed by atoms with E-state index in [1.54, 1.807) is 30.3 Å². The second-order valence-corrected chi connectivity index (χ2v) is 18.0. The Morgan fingerprint density at radius 2 is 0.635 bits per heavy atom. The Hall–Kier alpha value is -11.3. The van der Waals surface area contributed by atoms with E-state index in [9.17, 15) is 15.8 Å². The van der Waals surface area contributed by atoms with E-state index in [4.69, 9.17) is 19.7 Å². The van der Waals surface area contributed by atoms with Crippen molar-refractivity contribution in [2.45, 2.75) is 0 Å². The van der Waals surface area contributed by atoms with E-state index in [1.165, 1.54) is 0 Å². The molecule has 0 aliphatic carbocycles. The molecule has 0 saturated heterocycles. The molecule has 0 amide bonds. The highest BCUT2D eigenvalue weighted by Gasteiger charge is 2.24. The minimum Gasteiger partial charge on any atom is -0.308 e. The van der Waals surface area contributed by atoms with Crippen LogP contribution in [0.5, 0.6) is 0 Å². The van der Waals surface area contributed by atoms with E-state index >= 15 is 0 Å². The van der Waals surface area contributed by atoms with E-state index < -0.39 is 0 Å². The molecule has 10 aromatic carbocycles. The van der Waals surface area contributed by atoms with Crippen LogP contribution < -0.4 is 0 Å². The lowest BCUT2D eigenvalue weighted by atomic mass is 9.99. The molecule has 2 heterocycles. The Morgan fingerprint density at radius 3 is 1.00 bits per heavy atom. The van der Waals surface area contributed by atoms with Gasteiger partial charge in [0.2, 0.25) is 0 Å². The Kier molecular flexibility index (Phi) is 10.7. The summed E-state index contributed by atoms with van der Waals surface area (Å²) in [7, 11) is 0. The summed E-state index contributed by atoms with van der Waals surface area (Å²) >= 11 is 0. The Bertz CT molecular complexity index is 4410. The number of nitriles is 3. The van der Waals surface area contributed by atoms with Crippen molar-refractivity contribution in [3.63, 3.8) is 0 Å². The van der Waals surface area contributed by atoms with E-state index in [0.717, 1.165) is 105 Å². The molecule has 8 heteroatoms. The molecule has 0 atom stereocenters. The Morgan fingerprint density at radius 1 is 0.311 bits per heavy atom. The van der Waals surface area contributed by atoms with Gasteiger partial charge in [-0.15, -0.1) is 0 Å². The molecular weight excluding hydrogens is 905 g/mol. The quantitative estimate of drug-likeness (QED) is 0.149. The number of fused-ring (bicyclic) bond motifs is 6. The molecule has 0 N–H and O–H groups in total. The molecule has 8 nitrogen and oxygen atoms in total. The highest BCUT2D eigenvalue weighted by Crippen LogP contribution is 2.46. The highest BCUT2D eigenvalue weighted by atomic mass is 15.1. The fourth-order valence-electron chi connectivity index (χ4n) is 10.3. The van der Waals surface area contributed by atoms with E-state index in [-0.39, 0.29) is 0 Å². The number of hydrogen-bond acceptors (Lipinski definition) is 3. The first-order valence-corrected chi connectivity index (χ1v) is 23.6. The van der Waals surface area contributed by atoms with Gasteiger partial charge in [0.05, 0.1) is 88.1 Å². The molecule has 2 aromatic heterocycles. The van der Waals surface area contributed by atoms with Crippen LogP contribution in [-0.4, -0.2) is 9.13 Å². The first-order valence-electron chi connectivity index (χ1n) is 23.6. The van der Waals surface area contributed by atoms with Crippen LogP contribution in [0.4, 0.5) is 17.1 Å². The maximum Gasteiger partial charge on any atom is 0.197 e. The van der Waals surface area contributed by atoms with Gasteiger partial charge in [-0.3, -0.25) is 0 Å². The molecular formula is C66H34N8. The summed E-state index contributed by atoms with van der Waals surface area (Å²) in [6, 6.07) is 74.0. The van der Waals surface area contributed by atoms with E-state index in [1.807, 2.05) is 97.1 Å². The van der Waals surface area contributed by atoms with Gasteiger partial charge in [0, 0.05) is 21.5 Å². The Labute approximate surface area is 426 Å². The summed E-state index contributed by atoms with van der Waals surface area (Å²) < 4.78 is 4.48. The average molecular weight is 939 g/mol. The van der Waals surface area contributed by atoms with Crippen molar-refractivity contribution in [1.82, 2.24) is 9.13 Å². The molecule has 0 unspecified atom stereocenters. The van der Waals surface area contributed by atoms with Crippen LogP contribution in [0.25, 0.3) is 125 Å². The molecule has 0 fully saturated rings. The topological polar surface area (TPSA) is 94.3 Å². The predicted octanol–water partition coefficient (Wildman–Crippen LogP) is 17.5. The van der Waals surface area contributed by atoms with Gasteiger partial charge in [0.25, 0.3) is 0 Å². The summed E-state index contributed by atoms with van der Waals surface area (Å²) in [6.07, 6.45) is 0. The van der Waals surface area contributed by atoms with Crippen LogP contribution in [0.15, 0.2) is 206 Å². The summed E-state index contributed by atoms with van der Waals surface area (Å²) in [4.78, 5) is 11.6. The van der Waals surface area contributed by atoms with Gasteiger partial charge in [-0.25, -0.2) is 14.5 Å². The van der Waals surface area contributed by atoms with Crippen molar-refractivity contribution in [3.05, 3.63) is 257 Å². The first-order chi connectivity index (χ1) is 36.4. The zero-order valence-electron chi connectivity index (χ0n) is 39.2. The molecule has 12 aromatic rings. The molecule has 12 rings (SSSR count). The minimum atomic E-state index is 0.397. The molecule has 0 aliphatic heterocycles. The number of hydrogen-bond donors (Lipinski definition) is 0. The lowest BCUT2D eigenvalue weighted by Gasteiger charge is -2.20. The monoisotopic (exact) mass is 938 g/mol. The Balaban J connectivity index is 1.20. The molecule has 0 radical (unpaired) electrons. The van der Waals surface area contributed by atoms with E-state index in [0.29, 0.717) is 39.3 Å². The minimum absolute atomic E-state index is 0.397. The zero-order valence-corrected chi connectivity index (χ0v) is 39.2. The number of rotatable bonds is 7. The fraction of sp³-hybridized carbons (Fsp3) is 0. The molecule has 0 bridgehead atoms. The van der Waals surface area contributed by atoms with Gasteiger partial charge in [0.1, 0.15) is 0 Å². The molecule has 0 aliphatic rings. The number of aromatic nitrogens is 2. The van der Waals surface area contributed by atoms with Crippen LogP contribution >= 0.6 is 0 Å². The SMILES string of the molecule is [C-]#[N+]c1cccc(-c2ccc3c(c2)c2cc(-c4cccc([N+]#[C-])c4)ccc2n3-c2cc([N+]#[C-])c(-c3cccc(C#N)c3)cc2-n2c3ccc(-c4cccc(C#N)c4)cc3c3cc(-c4cccc(C#N)c4)ccc32)c1. The maximum atomic E-state index is 10.1. The second kappa shape index (κ2) is 17.9. The summed E-state index contributed by atoms with van der Waals surface area (Å²) in [5.41, 5.74) is 16.9. The van der Waals surface area contributed by atoms with Gasteiger partial charge < -0.3 is 9.13 Å². The normalized spacial score (nSPS) is 10.9. The van der Waals surface area contributed by atoms with Crippen LogP contribution in [0, 0.1) is 53.7 Å². The fourth-order valence-corrected chi connectivity index (χ4v) is 10.3. The van der Waals surface area contributed by atoms with Crippen molar-refractivity contribution in [2.24, 2.45) is 0 Å². The summed E-state index contributed by atoms with van der Waals surface area (Å²) in [5, 5.41) is 33.6. The van der Waals surface area contributed by atoms with Gasteiger partial charge in [-0.2, -0.15) is 15.8 Å². The van der Waals surface area contributed by atoms with Crippen molar-refractivity contribution in [1.29, 1.82) is 15.8 Å². The third-order valence-corrected chi connectivity index (χ3v) is 13.8.